The summed E-state index contributed by atoms with van der Waals surface area (Å²) in [5.41, 5.74) is 1.19. The Morgan fingerprint density at radius 3 is 3.12 bits per heavy atom. The molecule has 0 saturated carbocycles. The van der Waals surface area contributed by atoms with E-state index < -0.39 is 0 Å². The van der Waals surface area contributed by atoms with E-state index in [1.54, 1.807) is 7.11 Å². The van der Waals surface area contributed by atoms with Crippen molar-refractivity contribution in [3.63, 3.8) is 0 Å². The minimum absolute atomic E-state index is 0.209. The van der Waals surface area contributed by atoms with Crippen LogP contribution in [0.4, 0.5) is 0 Å². The molecule has 0 aromatic heterocycles. The van der Waals surface area contributed by atoms with E-state index in [0.717, 1.165) is 18.6 Å². The van der Waals surface area contributed by atoms with Gasteiger partial charge in [-0.25, -0.2) is 0 Å². The third-order valence-corrected chi connectivity index (χ3v) is 3.07. The van der Waals surface area contributed by atoms with E-state index in [1.165, 1.54) is 5.56 Å². The molecule has 1 saturated heterocycles. The van der Waals surface area contributed by atoms with Crippen molar-refractivity contribution in [1.82, 2.24) is 0 Å². The van der Waals surface area contributed by atoms with Crippen molar-refractivity contribution in [3.8, 4) is 5.75 Å². The van der Waals surface area contributed by atoms with Gasteiger partial charge < -0.3 is 14.6 Å². The van der Waals surface area contributed by atoms with Crippen LogP contribution in [0.5, 0.6) is 5.75 Å². The van der Waals surface area contributed by atoms with Gasteiger partial charge in [-0.15, -0.1) is 0 Å². The van der Waals surface area contributed by atoms with Gasteiger partial charge in [0.2, 0.25) is 0 Å². The molecule has 2 rings (SSSR count). The number of hydrogen-bond donors (Lipinski definition) is 1. The molecule has 1 heterocycles. The van der Waals surface area contributed by atoms with Crippen molar-refractivity contribution >= 4 is 0 Å². The number of hydrogen-bond acceptors (Lipinski definition) is 3. The second kappa shape index (κ2) is 5.32. The minimum Gasteiger partial charge on any atom is -0.497 e. The molecule has 88 valence electrons. The van der Waals surface area contributed by atoms with Crippen LogP contribution < -0.4 is 4.74 Å². The van der Waals surface area contributed by atoms with Gasteiger partial charge >= 0.3 is 0 Å². The van der Waals surface area contributed by atoms with Crippen LogP contribution in [0.2, 0.25) is 0 Å². The molecule has 1 aliphatic rings. The van der Waals surface area contributed by atoms with E-state index in [9.17, 15) is 5.11 Å². The van der Waals surface area contributed by atoms with Crippen LogP contribution in [0, 0.1) is 5.92 Å². The van der Waals surface area contributed by atoms with Gasteiger partial charge in [0.15, 0.2) is 0 Å². The summed E-state index contributed by atoms with van der Waals surface area (Å²) in [5.74, 6) is 1.07. The van der Waals surface area contributed by atoms with Gasteiger partial charge in [0.1, 0.15) is 5.75 Å². The predicted octanol–water partition coefficient (Wildman–Crippen LogP) is 1.64. The summed E-state index contributed by atoms with van der Waals surface area (Å²) in [5, 5.41) is 9.85. The summed E-state index contributed by atoms with van der Waals surface area (Å²) >= 11 is 0. The highest BCUT2D eigenvalue weighted by atomic mass is 16.5. The quantitative estimate of drug-likeness (QED) is 0.845. The van der Waals surface area contributed by atoms with E-state index in [1.807, 2.05) is 18.2 Å². The number of rotatable bonds is 3. The molecule has 1 N–H and O–H groups in total. The topological polar surface area (TPSA) is 38.7 Å². The summed E-state index contributed by atoms with van der Waals surface area (Å²) in [6.07, 6.45) is 1.35. The summed E-state index contributed by atoms with van der Waals surface area (Å²) in [6.45, 7) is 1.33. The average Bonchev–Trinajstić information content (AvgIpc) is 2.32. The van der Waals surface area contributed by atoms with Crippen LogP contribution in [0.3, 0.4) is 0 Å². The molecule has 1 aromatic rings. The standard InChI is InChI=1S/C13H18O3/c1-15-12-4-2-3-10(8-12)7-11-9-16-6-5-13(11)14/h2-4,8,11,13-14H,5-7,9H2,1H3. The van der Waals surface area contributed by atoms with Crippen LogP contribution in [-0.2, 0) is 11.2 Å². The molecular formula is C13H18O3. The Morgan fingerprint density at radius 2 is 2.38 bits per heavy atom. The van der Waals surface area contributed by atoms with Gasteiger partial charge in [-0.1, -0.05) is 12.1 Å². The summed E-state index contributed by atoms with van der Waals surface area (Å²) < 4.78 is 10.6. The molecule has 2 unspecified atom stereocenters. The maximum Gasteiger partial charge on any atom is 0.119 e. The third-order valence-electron chi connectivity index (χ3n) is 3.07. The second-order valence-electron chi connectivity index (χ2n) is 4.25. The second-order valence-corrected chi connectivity index (χ2v) is 4.25. The lowest BCUT2D eigenvalue weighted by atomic mass is 9.91. The number of aliphatic hydroxyl groups is 1. The molecule has 1 fully saturated rings. The lowest BCUT2D eigenvalue weighted by Gasteiger charge is -2.27. The van der Waals surface area contributed by atoms with Gasteiger partial charge in [-0.05, 0) is 30.5 Å². The van der Waals surface area contributed by atoms with Crippen molar-refractivity contribution in [2.24, 2.45) is 5.92 Å². The molecule has 3 nitrogen and oxygen atoms in total. The Kier molecular flexibility index (Phi) is 3.80. The zero-order chi connectivity index (χ0) is 11.4. The molecule has 0 radical (unpaired) electrons. The van der Waals surface area contributed by atoms with E-state index in [4.69, 9.17) is 9.47 Å². The molecular weight excluding hydrogens is 204 g/mol. The Balaban J connectivity index is 2.01. The van der Waals surface area contributed by atoms with Crippen molar-refractivity contribution in [3.05, 3.63) is 29.8 Å². The average molecular weight is 222 g/mol. The lowest BCUT2D eigenvalue weighted by Crippen LogP contribution is -2.33. The Morgan fingerprint density at radius 1 is 1.50 bits per heavy atom. The van der Waals surface area contributed by atoms with Crippen LogP contribution >= 0.6 is 0 Å². The maximum atomic E-state index is 9.85. The first-order valence-electron chi connectivity index (χ1n) is 5.68. The molecule has 0 aliphatic carbocycles. The molecule has 0 amide bonds. The fraction of sp³-hybridized carbons (Fsp3) is 0.538. The SMILES string of the molecule is COc1cccc(CC2COCCC2O)c1. The smallest absolute Gasteiger partial charge is 0.119 e. The maximum absolute atomic E-state index is 9.85. The van der Waals surface area contributed by atoms with Crippen LogP contribution in [0.25, 0.3) is 0 Å². The van der Waals surface area contributed by atoms with Crippen LogP contribution in [0.15, 0.2) is 24.3 Å². The van der Waals surface area contributed by atoms with Gasteiger partial charge in [-0.2, -0.15) is 0 Å². The molecule has 16 heavy (non-hydrogen) atoms. The van der Waals surface area contributed by atoms with Crippen molar-refractivity contribution in [2.45, 2.75) is 18.9 Å². The van der Waals surface area contributed by atoms with Crippen molar-refractivity contribution < 1.29 is 14.6 Å². The van der Waals surface area contributed by atoms with Gasteiger partial charge in [-0.3, -0.25) is 0 Å². The highest BCUT2D eigenvalue weighted by molar-refractivity contribution is 5.28. The van der Waals surface area contributed by atoms with Crippen LogP contribution in [0.1, 0.15) is 12.0 Å². The number of ether oxygens (including phenoxy) is 2. The highest BCUT2D eigenvalue weighted by Gasteiger charge is 2.23. The van der Waals surface area contributed by atoms with Gasteiger partial charge in [0.25, 0.3) is 0 Å². The third kappa shape index (κ3) is 2.74. The number of methoxy groups -OCH3 is 1. The Labute approximate surface area is 96.0 Å². The molecule has 0 spiro atoms. The first-order chi connectivity index (χ1) is 7.79. The van der Waals surface area contributed by atoms with E-state index >= 15 is 0 Å². The van der Waals surface area contributed by atoms with E-state index in [-0.39, 0.29) is 12.0 Å². The largest absolute Gasteiger partial charge is 0.497 e. The summed E-state index contributed by atoms with van der Waals surface area (Å²) in [6, 6.07) is 7.98. The monoisotopic (exact) mass is 222 g/mol. The zero-order valence-electron chi connectivity index (χ0n) is 9.56. The zero-order valence-corrected chi connectivity index (χ0v) is 9.56. The predicted molar refractivity (Wildman–Crippen MR) is 61.6 cm³/mol. The molecule has 0 bridgehead atoms. The lowest BCUT2D eigenvalue weighted by molar-refractivity contribution is -0.0350. The highest BCUT2D eigenvalue weighted by Crippen LogP contribution is 2.21. The minimum atomic E-state index is -0.236. The van der Waals surface area contributed by atoms with E-state index in [2.05, 4.69) is 6.07 Å². The van der Waals surface area contributed by atoms with Crippen molar-refractivity contribution in [1.29, 1.82) is 0 Å². The van der Waals surface area contributed by atoms with Gasteiger partial charge in [0.05, 0.1) is 19.8 Å². The summed E-state index contributed by atoms with van der Waals surface area (Å²) in [7, 11) is 1.66. The molecule has 1 aromatic carbocycles. The number of benzene rings is 1. The molecule has 3 heteroatoms. The number of aliphatic hydroxyl groups excluding tert-OH is 1. The fourth-order valence-electron chi connectivity index (χ4n) is 2.08. The normalized spacial score (nSPS) is 25.4. The van der Waals surface area contributed by atoms with E-state index in [0.29, 0.717) is 13.2 Å². The van der Waals surface area contributed by atoms with Crippen molar-refractivity contribution in [2.75, 3.05) is 20.3 Å². The first kappa shape index (κ1) is 11.4. The van der Waals surface area contributed by atoms with Gasteiger partial charge in [0, 0.05) is 12.5 Å². The molecule has 2 atom stereocenters. The fourth-order valence-corrected chi connectivity index (χ4v) is 2.08. The summed E-state index contributed by atoms with van der Waals surface area (Å²) in [4.78, 5) is 0. The first-order valence-corrected chi connectivity index (χ1v) is 5.68. The Hall–Kier alpha value is -1.06. The Bertz CT molecular complexity index is 338. The molecule has 1 aliphatic heterocycles. The van der Waals surface area contributed by atoms with Crippen LogP contribution in [-0.4, -0.2) is 31.5 Å².